The fourth-order valence-electron chi connectivity index (χ4n) is 2.48. The maximum Gasteiger partial charge on any atom is 0.406 e. The number of allylic oxidation sites excluding steroid dienone is 2. The molecule has 0 atom stereocenters. The molecule has 2 aromatic rings. The molecule has 0 aromatic carbocycles. The summed E-state index contributed by atoms with van der Waals surface area (Å²) in [5, 5.41) is 0.416. The van der Waals surface area contributed by atoms with Gasteiger partial charge in [0.25, 0.3) is 5.56 Å². The molecule has 2 N–H and O–H groups in total. The third-order valence-electron chi connectivity index (χ3n) is 4.08. The first-order valence-corrected chi connectivity index (χ1v) is 9.38. The number of hydrogen-bond acceptors (Lipinski definition) is 5. The summed E-state index contributed by atoms with van der Waals surface area (Å²) in [4.78, 5) is 29.6. The van der Waals surface area contributed by atoms with Gasteiger partial charge in [0.05, 0.1) is 0 Å². The normalized spacial score (nSPS) is 12.6. The Bertz CT molecular complexity index is 1030. The minimum atomic E-state index is -4.70. The van der Waals surface area contributed by atoms with Crippen molar-refractivity contribution in [2.75, 3.05) is 6.54 Å². The van der Waals surface area contributed by atoms with Gasteiger partial charge < -0.3 is 10.3 Å². The highest BCUT2D eigenvalue weighted by molar-refractivity contribution is 8.00. The third-order valence-corrected chi connectivity index (χ3v) is 5.29. The van der Waals surface area contributed by atoms with E-state index in [2.05, 4.69) is 4.98 Å². The molecule has 0 amide bonds. The van der Waals surface area contributed by atoms with Crippen LogP contribution in [0.15, 0.2) is 26.4 Å². The van der Waals surface area contributed by atoms with Crippen molar-refractivity contribution >= 4 is 22.9 Å². The number of aryl methyl sites for hydroxylation is 1. The van der Waals surface area contributed by atoms with E-state index in [9.17, 15) is 22.8 Å². The van der Waals surface area contributed by atoms with E-state index in [-0.39, 0.29) is 22.3 Å². The maximum absolute atomic E-state index is 12.9. The molecule has 11 heteroatoms. The molecular weight excluding hydrogens is 395 g/mol. The number of imidazole rings is 1. The Hall–Kier alpha value is -2.01. The Labute approximate surface area is 164 Å². The maximum atomic E-state index is 12.9. The second kappa shape index (κ2) is 7.78. The van der Waals surface area contributed by atoms with E-state index >= 15 is 0 Å². The van der Waals surface area contributed by atoms with Gasteiger partial charge in [-0.25, -0.2) is 14.3 Å². The Morgan fingerprint density at radius 2 is 1.82 bits per heavy atom. The van der Waals surface area contributed by atoms with Crippen LogP contribution in [0, 0.1) is 0 Å². The first kappa shape index (κ1) is 22.3. The summed E-state index contributed by atoms with van der Waals surface area (Å²) in [6, 6.07) is 0. The summed E-state index contributed by atoms with van der Waals surface area (Å²) in [7, 11) is 1.30. The molecule has 2 aromatic heterocycles. The summed E-state index contributed by atoms with van der Waals surface area (Å²) in [6.45, 7) is 6.43. The summed E-state index contributed by atoms with van der Waals surface area (Å²) in [5.41, 5.74) is 4.69. The van der Waals surface area contributed by atoms with Gasteiger partial charge in [0.15, 0.2) is 16.3 Å². The van der Waals surface area contributed by atoms with Crippen molar-refractivity contribution in [3.63, 3.8) is 0 Å². The molecule has 0 fully saturated rings. The van der Waals surface area contributed by atoms with Crippen LogP contribution in [0.2, 0.25) is 0 Å². The molecule has 2 rings (SSSR count). The average Bonchev–Trinajstić information content (AvgIpc) is 2.91. The van der Waals surface area contributed by atoms with Crippen molar-refractivity contribution in [1.29, 1.82) is 0 Å². The summed E-state index contributed by atoms with van der Waals surface area (Å²) < 4.78 is 41.0. The van der Waals surface area contributed by atoms with Crippen LogP contribution < -0.4 is 17.0 Å². The van der Waals surface area contributed by atoms with Gasteiger partial charge in [-0.05, 0) is 27.7 Å². The first-order chi connectivity index (χ1) is 12.8. The molecular formula is C17H24F3N5O2S. The fourth-order valence-corrected chi connectivity index (χ4v) is 3.47. The zero-order valence-electron chi connectivity index (χ0n) is 16.4. The van der Waals surface area contributed by atoms with E-state index in [1.807, 2.05) is 33.8 Å². The van der Waals surface area contributed by atoms with E-state index in [4.69, 9.17) is 5.73 Å². The van der Waals surface area contributed by atoms with Crippen LogP contribution in [-0.4, -0.2) is 36.2 Å². The van der Waals surface area contributed by atoms with Crippen molar-refractivity contribution in [2.24, 2.45) is 12.8 Å². The fraction of sp³-hybridized carbons (Fsp3) is 0.588. The second-order valence-corrected chi connectivity index (χ2v) is 9.05. The van der Waals surface area contributed by atoms with Crippen LogP contribution in [0.1, 0.15) is 27.7 Å². The number of thioether (sulfide) groups is 1. The predicted octanol–water partition coefficient (Wildman–Crippen LogP) is 2.25. The number of halogens is 3. The van der Waals surface area contributed by atoms with Crippen molar-refractivity contribution < 1.29 is 13.2 Å². The molecule has 0 radical (unpaired) electrons. The monoisotopic (exact) mass is 419 g/mol. The van der Waals surface area contributed by atoms with E-state index < -0.39 is 28.7 Å². The van der Waals surface area contributed by atoms with Gasteiger partial charge in [-0.15, -0.1) is 0 Å². The SMILES string of the molecule is CC(C)=CCn1c(SC(C)(C)CN)nc2c1c(=O)n(CC(F)(F)F)c(=O)n2C. The molecule has 2 heterocycles. The molecule has 0 bridgehead atoms. The first-order valence-electron chi connectivity index (χ1n) is 8.56. The van der Waals surface area contributed by atoms with Crippen LogP contribution >= 0.6 is 11.8 Å². The molecule has 156 valence electrons. The van der Waals surface area contributed by atoms with Gasteiger partial charge in [-0.2, -0.15) is 13.2 Å². The Balaban J connectivity index is 2.86. The van der Waals surface area contributed by atoms with Crippen LogP contribution in [0.4, 0.5) is 13.2 Å². The molecule has 0 spiro atoms. The molecule has 28 heavy (non-hydrogen) atoms. The lowest BCUT2D eigenvalue weighted by Gasteiger charge is -2.21. The molecule has 0 aliphatic heterocycles. The van der Waals surface area contributed by atoms with Crippen molar-refractivity contribution in [1.82, 2.24) is 18.7 Å². The number of aromatic nitrogens is 4. The van der Waals surface area contributed by atoms with Gasteiger partial charge >= 0.3 is 11.9 Å². The summed E-state index contributed by atoms with van der Waals surface area (Å²) >= 11 is 1.30. The summed E-state index contributed by atoms with van der Waals surface area (Å²) in [5.74, 6) is 0. The van der Waals surface area contributed by atoms with Crippen LogP contribution in [0.3, 0.4) is 0 Å². The molecule has 0 aliphatic carbocycles. The molecule has 0 unspecified atom stereocenters. The second-order valence-electron chi connectivity index (χ2n) is 7.37. The highest BCUT2D eigenvalue weighted by atomic mass is 32.2. The van der Waals surface area contributed by atoms with E-state index in [1.165, 1.54) is 18.8 Å². The average molecular weight is 419 g/mol. The van der Waals surface area contributed by atoms with Crippen LogP contribution in [0.25, 0.3) is 11.2 Å². The van der Waals surface area contributed by atoms with Gasteiger partial charge in [-0.3, -0.25) is 9.36 Å². The minimum Gasteiger partial charge on any atom is -0.329 e. The number of rotatable bonds is 6. The van der Waals surface area contributed by atoms with Crippen LogP contribution in [-0.2, 0) is 20.1 Å². The minimum absolute atomic E-state index is 0.0424. The number of alkyl halides is 3. The number of nitrogens with two attached hydrogens (primary N) is 1. The van der Waals surface area contributed by atoms with E-state index in [0.29, 0.717) is 11.7 Å². The Kier molecular flexibility index (Phi) is 6.19. The molecule has 7 nitrogen and oxygen atoms in total. The Morgan fingerprint density at radius 3 is 2.32 bits per heavy atom. The number of fused-ring (bicyclic) bond motifs is 1. The van der Waals surface area contributed by atoms with E-state index in [1.54, 1.807) is 4.57 Å². The number of hydrogen-bond donors (Lipinski definition) is 1. The molecule has 0 saturated heterocycles. The predicted molar refractivity (Wildman–Crippen MR) is 104 cm³/mol. The third kappa shape index (κ3) is 4.69. The van der Waals surface area contributed by atoms with Gasteiger partial charge in [-0.1, -0.05) is 23.4 Å². The molecule has 0 aliphatic rings. The zero-order valence-corrected chi connectivity index (χ0v) is 17.2. The highest BCUT2D eigenvalue weighted by Crippen LogP contribution is 2.32. The zero-order chi connectivity index (χ0) is 21.4. The van der Waals surface area contributed by atoms with Gasteiger partial charge in [0, 0.05) is 24.9 Å². The Morgan fingerprint density at radius 1 is 1.21 bits per heavy atom. The lowest BCUT2D eigenvalue weighted by Crippen LogP contribution is -2.42. The topological polar surface area (TPSA) is 87.8 Å². The van der Waals surface area contributed by atoms with Crippen molar-refractivity contribution in [3.05, 3.63) is 32.5 Å². The number of nitrogens with zero attached hydrogens (tertiary/aromatic N) is 4. The van der Waals surface area contributed by atoms with Crippen LogP contribution in [0.5, 0.6) is 0 Å². The smallest absolute Gasteiger partial charge is 0.329 e. The largest absolute Gasteiger partial charge is 0.406 e. The van der Waals surface area contributed by atoms with Gasteiger partial charge in [0.2, 0.25) is 0 Å². The van der Waals surface area contributed by atoms with Crippen molar-refractivity contribution in [2.45, 2.75) is 56.9 Å². The quantitative estimate of drug-likeness (QED) is 0.573. The highest BCUT2D eigenvalue weighted by Gasteiger charge is 2.32. The van der Waals surface area contributed by atoms with E-state index in [0.717, 1.165) is 10.1 Å². The standard InChI is InChI=1S/C17H24F3N5O2S/c1-10(2)6-7-24-11-12(22-14(24)28-16(3,4)8-21)23(5)15(27)25(13(11)26)9-17(18,19)20/h6H,7-9,21H2,1-5H3. The lowest BCUT2D eigenvalue weighted by atomic mass is 10.2. The van der Waals surface area contributed by atoms with Crippen molar-refractivity contribution in [3.8, 4) is 0 Å². The summed E-state index contributed by atoms with van der Waals surface area (Å²) in [6.07, 6.45) is -2.87. The lowest BCUT2D eigenvalue weighted by molar-refractivity contribution is -0.141. The van der Waals surface area contributed by atoms with Gasteiger partial charge in [0.1, 0.15) is 6.54 Å². The molecule has 0 saturated carbocycles.